The number of benzene rings is 18. The molecule has 0 saturated carbocycles. The van der Waals surface area contributed by atoms with Crippen molar-refractivity contribution in [1.29, 1.82) is 0 Å². The van der Waals surface area contributed by atoms with E-state index in [-0.39, 0.29) is 10.8 Å². The van der Waals surface area contributed by atoms with E-state index in [1.165, 1.54) is 71.0 Å². The highest BCUT2D eigenvalue weighted by Gasteiger charge is 2.72. The number of likely N-dealkylation sites (tertiary alicyclic amines) is 1. The zero-order valence-electron chi connectivity index (χ0n) is 39.5. The van der Waals surface area contributed by atoms with Gasteiger partial charge in [0, 0.05) is 13.1 Å². The molecule has 0 unspecified atom stereocenters. The molecule has 324 valence electrons. The van der Waals surface area contributed by atoms with Crippen molar-refractivity contribution >= 4 is 291 Å². The van der Waals surface area contributed by atoms with E-state index in [4.69, 9.17) is 5.73 Å². The van der Waals surface area contributed by atoms with Crippen LogP contribution in [0.5, 0.6) is 0 Å². The van der Waals surface area contributed by atoms with Gasteiger partial charge in [0.25, 0.3) is 0 Å². The quantitative estimate of drug-likeness (QED) is 0.109. The first-order valence-corrected chi connectivity index (χ1v) is 29.1. The monoisotopic (exact) mass is 918 g/mol. The third-order valence-electron chi connectivity index (χ3n) is 27.0. The lowest BCUT2D eigenvalue weighted by Crippen LogP contribution is -2.51. The zero-order chi connectivity index (χ0) is 44.5. The molecule has 28 aromatic carbocycles. The predicted octanol–water partition coefficient (Wildman–Crippen LogP) is 18.7. The second-order valence-corrected chi connectivity index (χ2v) is 27.9. The van der Waals surface area contributed by atoms with Crippen LogP contribution < -0.4 is 5.73 Å². The number of nitrogens with two attached hydrogens (primary N) is 1. The van der Waals surface area contributed by atoms with E-state index in [1.54, 1.807) is 291 Å². The van der Waals surface area contributed by atoms with Crippen molar-refractivity contribution in [3.05, 3.63) is 22.3 Å². The summed E-state index contributed by atoms with van der Waals surface area (Å²) >= 11 is 0. The zero-order valence-corrected chi connectivity index (χ0v) is 39.5. The van der Waals surface area contributed by atoms with Crippen LogP contribution in [0.2, 0.25) is 0 Å². The van der Waals surface area contributed by atoms with Gasteiger partial charge in [-0.15, -0.1) is 0 Å². The third kappa shape index (κ3) is 1.73. The Labute approximate surface area is 409 Å². The maximum absolute atomic E-state index is 5.88. The Morgan fingerprint density at radius 3 is 0.527 bits per heavy atom. The van der Waals surface area contributed by atoms with Gasteiger partial charge in [0.2, 0.25) is 0 Å². The van der Waals surface area contributed by atoms with Gasteiger partial charge in [-0.05, 0) is 339 Å². The molecule has 0 aromatic heterocycles. The van der Waals surface area contributed by atoms with Crippen LogP contribution in [0.1, 0.15) is 73.6 Å². The fourth-order valence-corrected chi connectivity index (χ4v) is 26.6. The second kappa shape index (κ2) is 7.25. The predicted molar refractivity (Wildman–Crippen MR) is 316 cm³/mol. The van der Waals surface area contributed by atoms with E-state index in [0.29, 0.717) is 0 Å². The molecule has 1 fully saturated rings. The van der Waals surface area contributed by atoms with Gasteiger partial charge in [0.1, 0.15) is 0 Å². The van der Waals surface area contributed by atoms with Crippen molar-refractivity contribution in [3.8, 4) is 0 Å². The molecule has 0 bridgehead atoms. The van der Waals surface area contributed by atoms with Gasteiger partial charge in [-0.2, -0.15) is 0 Å². The van der Waals surface area contributed by atoms with Gasteiger partial charge in [0.05, 0.1) is 10.8 Å². The number of nitrogens with zero attached hydrogens (tertiary/aromatic N) is 1. The van der Waals surface area contributed by atoms with Crippen molar-refractivity contribution in [2.45, 2.75) is 62.2 Å². The van der Waals surface area contributed by atoms with Crippen molar-refractivity contribution < 1.29 is 0 Å². The van der Waals surface area contributed by atoms with Gasteiger partial charge in [0.15, 0.2) is 0 Å². The van der Waals surface area contributed by atoms with Crippen molar-refractivity contribution in [3.63, 3.8) is 0 Å². The molecule has 2 N–H and O–H groups in total. The van der Waals surface area contributed by atoms with Gasteiger partial charge in [-0.25, -0.2) is 0 Å². The first-order chi connectivity index (χ1) is 36.9. The summed E-state index contributed by atoms with van der Waals surface area (Å²) in [5.74, 6) is 0. The molecule has 1 saturated heterocycles. The van der Waals surface area contributed by atoms with Crippen molar-refractivity contribution in [2.75, 3.05) is 26.2 Å². The summed E-state index contributed by atoms with van der Waals surface area (Å²) in [6.07, 6.45) is 10.6. The third-order valence-corrected chi connectivity index (χ3v) is 27.0. The number of rotatable bonds is 10. The summed E-state index contributed by atoms with van der Waals surface area (Å²) in [7, 11) is 0. The minimum absolute atomic E-state index is 0.124. The van der Waals surface area contributed by atoms with E-state index in [0.717, 1.165) is 6.54 Å². The summed E-state index contributed by atoms with van der Waals surface area (Å²) in [5, 5.41) is 92.0. The van der Waals surface area contributed by atoms with Crippen molar-refractivity contribution in [2.24, 2.45) is 5.73 Å². The van der Waals surface area contributed by atoms with Gasteiger partial charge < -0.3 is 10.6 Å². The molecule has 2 heteroatoms. The highest BCUT2D eigenvalue weighted by Crippen LogP contribution is 2.85. The van der Waals surface area contributed by atoms with Crippen LogP contribution in [-0.4, -0.2) is 31.1 Å². The normalized spacial score (nSPS) is 22.3. The molecule has 4 aliphatic carbocycles. The molecule has 74 heavy (non-hydrogen) atoms. The molecular weight excluding hydrogens is 893 g/mol. The average Bonchev–Trinajstić information content (AvgIpc) is 4.36. The van der Waals surface area contributed by atoms with Crippen LogP contribution >= 0.6 is 0 Å². The Hall–Kier alpha value is -7.62. The summed E-state index contributed by atoms with van der Waals surface area (Å²) in [6.45, 7) is 4.40. The molecule has 1 heterocycles. The first kappa shape index (κ1) is 29.9. The fraction of sp³-hybridized carbons (Fsp3) is 0.194. The number of hydrogen-bond donors (Lipinski definition) is 1. The lowest BCUT2D eigenvalue weighted by atomic mass is 9.50. The molecule has 28 aromatic rings. The molecule has 2 nitrogen and oxygen atoms in total. The van der Waals surface area contributed by atoms with Crippen LogP contribution in [0, 0.1) is 0 Å². The average molecular weight is 919 g/mol. The Morgan fingerprint density at radius 2 is 0.351 bits per heavy atom. The lowest BCUT2D eigenvalue weighted by Gasteiger charge is -2.49. The summed E-state index contributed by atoms with van der Waals surface area (Å²) in [6, 6.07) is 0. The lowest BCUT2D eigenvalue weighted by molar-refractivity contribution is 0.311. The van der Waals surface area contributed by atoms with Crippen molar-refractivity contribution in [1.82, 2.24) is 4.90 Å². The minimum atomic E-state index is -0.124. The Balaban J connectivity index is 0.973. The first-order valence-electron chi connectivity index (χ1n) is 29.1. The summed E-state index contributed by atoms with van der Waals surface area (Å²) in [5.41, 5.74) is 13.0. The van der Waals surface area contributed by atoms with E-state index in [2.05, 4.69) is 4.90 Å². The molecular formula is C72H26N2. The topological polar surface area (TPSA) is 29.3 Å². The molecule has 1 aliphatic heterocycles. The minimum Gasteiger partial charge on any atom is -0.330 e. The van der Waals surface area contributed by atoms with Crippen LogP contribution in [0.15, 0.2) is 0 Å². The SMILES string of the molecule is NCCCCCCCCCCN1CC23c4c5c6c7c8c9c(c%10c%11c2c2c4c4c%12c5c5c6c6c8c8c%13c9c9c%10c%10c%11c%11c2c2c4c4c%12c%12c5c5c6c8c6c8c%13c9c9c%10c%10c%11c2c2c4c4c%12c5c6c5c8c9c%10c2c45)C73C1. The maximum atomic E-state index is 5.88. The highest BCUT2D eigenvalue weighted by molar-refractivity contribution is 6.82. The van der Waals surface area contributed by atoms with E-state index in [9.17, 15) is 0 Å². The van der Waals surface area contributed by atoms with Crippen LogP contribution in [-0.2, 0) is 10.8 Å². The van der Waals surface area contributed by atoms with Gasteiger partial charge in [-0.3, -0.25) is 0 Å². The Bertz CT molecular complexity index is 6590. The standard InChI is InChI=1S/C72H26N2/c73-9-7-5-3-1-2-4-6-8-10-74-11-71-67-59-51-41-31-23-15-13-14-17-21-19(15)27-35-29(21)39-33-25(17)26-18(14)22-20-16(13)24(23)32-38-28(20)36-30(22)40-34(26)44-43(33)53-47(39)57-49(35)55(45(51)37(27)31)63(67)65(57)69-61(53)62-54(44)48(40)58-50(36)56-46(38)52(42(32)41)60(59)68(71)64(56)66(58)70(62)72(69,71)12-74/h1-12,73H2. The number of unbranched alkanes of at least 4 members (excludes halogenated alkanes) is 7. The molecule has 33 rings (SSSR count). The largest absolute Gasteiger partial charge is 0.330 e. The Morgan fingerprint density at radius 1 is 0.203 bits per heavy atom. The summed E-state index contributed by atoms with van der Waals surface area (Å²) in [4.78, 5) is 3.13. The van der Waals surface area contributed by atoms with E-state index in [1.807, 2.05) is 22.3 Å². The van der Waals surface area contributed by atoms with E-state index >= 15 is 0 Å². The number of hydrogen-bond acceptors (Lipinski definition) is 2. The molecule has 0 atom stereocenters. The molecule has 0 amide bonds. The summed E-state index contributed by atoms with van der Waals surface area (Å²) < 4.78 is 0. The maximum Gasteiger partial charge on any atom is 0.0505 e. The van der Waals surface area contributed by atoms with Crippen LogP contribution in [0.25, 0.3) is 291 Å². The van der Waals surface area contributed by atoms with Crippen LogP contribution in [0.3, 0.4) is 0 Å². The Kier molecular flexibility index (Phi) is 2.93. The smallest absolute Gasteiger partial charge is 0.0505 e. The fourth-order valence-electron chi connectivity index (χ4n) is 26.6. The molecule has 2 spiro atoms. The van der Waals surface area contributed by atoms with Crippen LogP contribution in [0.4, 0.5) is 0 Å². The van der Waals surface area contributed by atoms with E-state index < -0.39 is 0 Å². The highest BCUT2D eigenvalue weighted by atomic mass is 15.2. The second-order valence-electron chi connectivity index (χ2n) is 27.9. The molecule has 0 radical (unpaired) electrons. The van der Waals surface area contributed by atoms with Gasteiger partial charge >= 0.3 is 0 Å². The van der Waals surface area contributed by atoms with Gasteiger partial charge in [-0.1, -0.05) is 38.5 Å². The molecule has 5 aliphatic rings.